The molecule has 0 aliphatic carbocycles. The van der Waals surface area contributed by atoms with Crippen molar-refractivity contribution < 1.29 is 9.59 Å². The fourth-order valence-electron chi connectivity index (χ4n) is 2.64. The number of carbonyl (C=O) groups excluding carboxylic acids is 2. The molecule has 1 aliphatic heterocycles. The summed E-state index contributed by atoms with van der Waals surface area (Å²) in [5.41, 5.74) is 0.0630. The van der Waals surface area contributed by atoms with Gasteiger partial charge in [0.25, 0.3) is 0 Å². The molecule has 1 heterocycles. The van der Waals surface area contributed by atoms with E-state index >= 15 is 0 Å². The van der Waals surface area contributed by atoms with Crippen molar-refractivity contribution in [2.75, 3.05) is 7.05 Å². The Balaban J connectivity index is 3.56. The number of nitrogens with zero attached hydrogens (tertiary/aromatic N) is 1. The molecule has 0 fully saturated rings. The Morgan fingerprint density at radius 1 is 1.24 bits per heavy atom. The highest BCUT2D eigenvalue weighted by atomic mass is 16.1. The molecule has 17 heavy (non-hydrogen) atoms. The first kappa shape index (κ1) is 13.8. The minimum absolute atomic E-state index is 0.00419. The fourth-order valence-corrected chi connectivity index (χ4v) is 2.64. The third kappa shape index (κ3) is 1.78. The molecule has 3 nitrogen and oxygen atoms in total. The quantitative estimate of drug-likeness (QED) is 0.688. The summed E-state index contributed by atoms with van der Waals surface area (Å²) in [7, 11) is 1.88. The lowest BCUT2D eigenvalue weighted by Crippen LogP contribution is -2.62. The van der Waals surface area contributed by atoms with E-state index in [1.807, 2.05) is 39.6 Å². The summed E-state index contributed by atoms with van der Waals surface area (Å²) in [6.45, 7) is 12.9. The van der Waals surface area contributed by atoms with Crippen molar-refractivity contribution in [1.82, 2.24) is 4.90 Å². The van der Waals surface area contributed by atoms with E-state index in [0.29, 0.717) is 11.1 Å². The van der Waals surface area contributed by atoms with Gasteiger partial charge in [-0.1, -0.05) is 6.58 Å². The smallest absolute Gasteiger partial charge is 0.183 e. The van der Waals surface area contributed by atoms with Gasteiger partial charge in [0, 0.05) is 16.7 Å². The minimum atomic E-state index is -0.585. The Morgan fingerprint density at radius 2 is 1.71 bits per heavy atom. The van der Waals surface area contributed by atoms with E-state index in [9.17, 15) is 9.59 Å². The number of ketones is 2. The molecule has 0 aromatic heterocycles. The molecule has 0 N–H and O–H groups in total. The molecule has 0 bridgehead atoms. The van der Waals surface area contributed by atoms with E-state index in [1.54, 1.807) is 6.92 Å². The van der Waals surface area contributed by atoms with E-state index in [-0.39, 0.29) is 11.6 Å². The maximum Gasteiger partial charge on any atom is 0.183 e. The van der Waals surface area contributed by atoms with Crippen molar-refractivity contribution >= 4 is 11.6 Å². The molecular weight excluding hydrogens is 214 g/mol. The van der Waals surface area contributed by atoms with Crippen molar-refractivity contribution in [1.29, 1.82) is 0 Å². The summed E-state index contributed by atoms with van der Waals surface area (Å²) in [5.74, 6) is -0.160. The van der Waals surface area contributed by atoms with Crippen molar-refractivity contribution in [2.24, 2.45) is 0 Å². The summed E-state index contributed by atoms with van der Waals surface area (Å²) in [4.78, 5) is 26.2. The van der Waals surface area contributed by atoms with Gasteiger partial charge in [-0.25, -0.2) is 0 Å². The maximum atomic E-state index is 12.3. The molecule has 0 unspecified atom stereocenters. The zero-order valence-electron chi connectivity index (χ0n) is 11.5. The number of hydrogen-bond donors (Lipinski definition) is 0. The van der Waals surface area contributed by atoms with E-state index in [2.05, 4.69) is 6.58 Å². The predicted molar refractivity (Wildman–Crippen MR) is 68.8 cm³/mol. The van der Waals surface area contributed by atoms with Crippen LogP contribution >= 0.6 is 0 Å². The van der Waals surface area contributed by atoms with Crippen LogP contribution in [-0.4, -0.2) is 34.6 Å². The molecule has 0 saturated heterocycles. The van der Waals surface area contributed by atoms with Gasteiger partial charge in [0.2, 0.25) is 0 Å². The standard InChI is InChI=1S/C14H21NO2/c1-8-10(16)11-9(2)12(17)14(5,6)15(7)13(11,3)4/h8H,1H2,2-7H3. The number of rotatable bonds is 2. The first-order valence-electron chi connectivity index (χ1n) is 5.75. The molecular formula is C14H21NO2. The molecule has 1 aliphatic rings. The van der Waals surface area contributed by atoms with Crippen LogP contribution in [0.2, 0.25) is 0 Å². The van der Waals surface area contributed by atoms with Gasteiger partial charge < -0.3 is 0 Å². The molecule has 1 rings (SSSR count). The van der Waals surface area contributed by atoms with Crippen molar-refractivity contribution in [3.05, 3.63) is 23.8 Å². The van der Waals surface area contributed by atoms with Gasteiger partial charge in [0.15, 0.2) is 11.6 Å². The third-order valence-electron chi connectivity index (χ3n) is 3.99. The highest BCUT2D eigenvalue weighted by molar-refractivity contribution is 6.15. The average molecular weight is 235 g/mol. The first-order chi connectivity index (χ1) is 7.58. The Labute approximate surface area is 103 Å². The van der Waals surface area contributed by atoms with Crippen LogP contribution in [0.3, 0.4) is 0 Å². The normalized spacial score (nSPS) is 23.8. The highest BCUT2D eigenvalue weighted by Gasteiger charge is 2.49. The molecule has 0 amide bonds. The second kappa shape index (κ2) is 3.91. The molecule has 0 radical (unpaired) electrons. The largest absolute Gasteiger partial charge is 0.292 e. The molecule has 3 heteroatoms. The molecule has 0 spiro atoms. The number of Topliss-reactive ketones (excluding diaryl/α,β-unsaturated/α-hetero) is 1. The minimum Gasteiger partial charge on any atom is -0.292 e. The SMILES string of the molecule is C=CC(=O)C1=C(C)C(=O)C(C)(C)N(C)C1(C)C. The Morgan fingerprint density at radius 3 is 2.12 bits per heavy atom. The van der Waals surface area contributed by atoms with Gasteiger partial charge in [0.1, 0.15) is 0 Å². The van der Waals surface area contributed by atoms with Crippen LogP contribution in [0.25, 0.3) is 0 Å². The molecule has 0 atom stereocenters. The van der Waals surface area contributed by atoms with Crippen LogP contribution < -0.4 is 0 Å². The van der Waals surface area contributed by atoms with Crippen molar-refractivity contribution in [3.8, 4) is 0 Å². The third-order valence-corrected chi connectivity index (χ3v) is 3.99. The number of likely N-dealkylation sites (N-methyl/N-ethyl adjacent to an activating group) is 1. The summed E-state index contributed by atoms with van der Waals surface area (Å²) in [6.07, 6.45) is 1.28. The Kier molecular flexibility index (Phi) is 3.19. The summed E-state index contributed by atoms with van der Waals surface area (Å²) in [5, 5.41) is 0. The van der Waals surface area contributed by atoms with Gasteiger partial charge >= 0.3 is 0 Å². The number of allylic oxidation sites excluding steroid dienone is 1. The zero-order chi connectivity index (χ0) is 13.6. The Hall–Kier alpha value is -1.22. The lowest BCUT2D eigenvalue weighted by molar-refractivity contribution is -0.131. The lowest BCUT2D eigenvalue weighted by Gasteiger charge is -2.50. The average Bonchev–Trinajstić information content (AvgIpc) is 2.24. The molecule has 94 valence electrons. The fraction of sp³-hybridized carbons (Fsp3) is 0.571. The van der Waals surface area contributed by atoms with Gasteiger partial charge in [-0.2, -0.15) is 0 Å². The van der Waals surface area contributed by atoms with Crippen molar-refractivity contribution in [2.45, 2.75) is 45.7 Å². The number of carbonyl (C=O) groups is 2. The second-order valence-corrected chi connectivity index (χ2v) is 5.57. The Bertz CT molecular complexity index is 428. The van der Waals surface area contributed by atoms with Gasteiger partial charge in [-0.3, -0.25) is 14.5 Å². The predicted octanol–water partition coefficient (Wildman–Crippen LogP) is 2.13. The molecule has 0 aromatic rings. The summed E-state index contributed by atoms with van der Waals surface area (Å²) in [6, 6.07) is 0. The lowest BCUT2D eigenvalue weighted by atomic mass is 9.74. The summed E-state index contributed by atoms with van der Waals surface area (Å²) < 4.78 is 0. The molecule has 0 saturated carbocycles. The van der Waals surface area contributed by atoms with Crippen LogP contribution in [0.1, 0.15) is 34.6 Å². The number of hydrogen-bond acceptors (Lipinski definition) is 3. The maximum absolute atomic E-state index is 12.3. The molecule has 0 aromatic carbocycles. The highest BCUT2D eigenvalue weighted by Crippen LogP contribution is 2.38. The van der Waals surface area contributed by atoms with Crippen LogP contribution in [0.4, 0.5) is 0 Å². The van der Waals surface area contributed by atoms with Crippen LogP contribution in [0, 0.1) is 0 Å². The van der Waals surface area contributed by atoms with Gasteiger partial charge in [0.05, 0.1) is 5.54 Å². The topological polar surface area (TPSA) is 37.4 Å². The van der Waals surface area contributed by atoms with Gasteiger partial charge in [-0.05, 0) is 47.7 Å². The van der Waals surface area contributed by atoms with E-state index in [0.717, 1.165) is 0 Å². The van der Waals surface area contributed by atoms with E-state index in [1.165, 1.54) is 6.08 Å². The van der Waals surface area contributed by atoms with Gasteiger partial charge in [-0.15, -0.1) is 0 Å². The zero-order valence-corrected chi connectivity index (χ0v) is 11.5. The van der Waals surface area contributed by atoms with E-state index in [4.69, 9.17) is 0 Å². The summed E-state index contributed by atoms with van der Waals surface area (Å²) >= 11 is 0. The monoisotopic (exact) mass is 235 g/mol. The van der Waals surface area contributed by atoms with E-state index < -0.39 is 11.1 Å². The second-order valence-electron chi connectivity index (χ2n) is 5.57. The van der Waals surface area contributed by atoms with Crippen molar-refractivity contribution in [3.63, 3.8) is 0 Å². The van der Waals surface area contributed by atoms with Crippen LogP contribution in [0.15, 0.2) is 23.8 Å². The van der Waals surface area contributed by atoms with Crippen LogP contribution in [0.5, 0.6) is 0 Å². The first-order valence-corrected chi connectivity index (χ1v) is 5.75. The van der Waals surface area contributed by atoms with Crippen LogP contribution in [-0.2, 0) is 9.59 Å².